The Balaban J connectivity index is 1.60. The second-order valence-electron chi connectivity index (χ2n) is 9.02. The Bertz CT molecular complexity index is 651. The van der Waals surface area contributed by atoms with Gasteiger partial charge in [0, 0.05) is 36.2 Å². The van der Waals surface area contributed by atoms with Crippen LogP contribution in [-0.4, -0.2) is 65.9 Å². The number of ether oxygens (including phenoxy) is 2. The van der Waals surface area contributed by atoms with Crippen molar-refractivity contribution in [2.45, 2.75) is 70.7 Å². The second-order valence-corrected chi connectivity index (χ2v) is 9.94. The van der Waals surface area contributed by atoms with Gasteiger partial charge in [0.15, 0.2) is 0 Å². The Morgan fingerprint density at radius 3 is 2.46 bits per heavy atom. The molecule has 3 rings (SSSR count). The first-order valence-corrected chi connectivity index (χ1v) is 11.1. The third-order valence-corrected chi connectivity index (χ3v) is 6.01. The summed E-state index contributed by atoms with van der Waals surface area (Å²) >= 11 is 3.51. The lowest BCUT2D eigenvalue weighted by Crippen LogP contribution is -2.57. The quantitative estimate of drug-likeness (QED) is 0.677. The predicted octanol–water partition coefficient (Wildman–Crippen LogP) is 4.48. The number of nitrogens with zero attached hydrogens (tertiary/aromatic N) is 2. The normalized spacial score (nSPS) is 25.0. The zero-order valence-corrected chi connectivity index (χ0v) is 19.1. The Morgan fingerprint density at radius 2 is 1.86 bits per heavy atom. The number of morpholine rings is 1. The highest BCUT2D eigenvalue weighted by Crippen LogP contribution is 2.26. The summed E-state index contributed by atoms with van der Waals surface area (Å²) in [5, 5.41) is 0. The molecule has 1 aromatic rings. The van der Waals surface area contributed by atoms with Gasteiger partial charge < -0.3 is 14.4 Å². The molecule has 0 N–H and O–H groups in total. The molecule has 0 radical (unpaired) electrons. The average Bonchev–Trinajstić information content (AvgIpc) is 2.64. The number of amides is 1. The van der Waals surface area contributed by atoms with Crippen LogP contribution in [0, 0.1) is 0 Å². The van der Waals surface area contributed by atoms with Crippen LogP contribution in [0.3, 0.4) is 0 Å². The van der Waals surface area contributed by atoms with Crippen LogP contribution in [0.2, 0.25) is 0 Å². The van der Waals surface area contributed by atoms with Crippen LogP contribution in [0.1, 0.15) is 46.1 Å². The second kappa shape index (κ2) is 9.14. The molecule has 28 heavy (non-hydrogen) atoms. The number of halogens is 1. The largest absolute Gasteiger partial charge is 0.444 e. The predicted molar refractivity (Wildman–Crippen MR) is 115 cm³/mol. The summed E-state index contributed by atoms with van der Waals surface area (Å²) in [5.74, 6) is 0. The van der Waals surface area contributed by atoms with E-state index in [2.05, 4.69) is 52.0 Å². The molecular weight excluding hydrogens is 420 g/mol. The molecule has 0 saturated carbocycles. The van der Waals surface area contributed by atoms with Gasteiger partial charge in [-0.2, -0.15) is 0 Å². The molecule has 0 spiro atoms. The van der Waals surface area contributed by atoms with Crippen LogP contribution >= 0.6 is 15.9 Å². The van der Waals surface area contributed by atoms with E-state index in [1.165, 1.54) is 5.56 Å². The van der Waals surface area contributed by atoms with Gasteiger partial charge in [0.25, 0.3) is 0 Å². The van der Waals surface area contributed by atoms with Crippen LogP contribution in [0.5, 0.6) is 0 Å². The standard InChI is InChI=1S/C22H33BrN2O3/c1-16-14-25(20(15-27-16)13-17-5-7-18(23)8-6-17)19-9-11-24(12-10-19)21(26)28-22(2,3)4/h5-8,16,19-20H,9-15H2,1-4H3/t16-,20-/m0/s1. The Labute approximate surface area is 177 Å². The lowest BCUT2D eigenvalue weighted by molar-refractivity contribution is -0.0799. The van der Waals surface area contributed by atoms with Gasteiger partial charge >= 0.3 is 6.09 Å². The van der Waals surface area contributed by atoms with E-state index in [1.807, 2.05) is 25.7 Å². The van der Waals surface area contributed by atoms with Crippen LogP contribution in [-0.2, 0) is 15.9 Å². The van der Waals surface area contributed by atoms with Gasteiger partial charge in [0.1, 0.15) is 5.60 Å². The fourth-order valence-corrected chi connectivity index (χ4v) is 4.36. The number of likely N-dealkylation sites (tertiary alicyclic amines) is 1. The van der Waals surface area contributed by atoms with Crippen molar-refractivity contribution >= 4 is 22.0 Å². The number of hydrogen-bond donors (Lipinski definition) is 0. The summed E-state index contributed by atoms with van der Waals surface area (Å²) < 4.78 is 12.6. The maximum Gasteiger partial charge on any atom is 0.410 e. The SMILES string of the molecule is C[C@H]1CN(C2CCN(C(=O)OC(C)(C)C)CC2)[C@@H](Cc2ccc(Br)cc2)CO1. The van der Waals surface area contributed by atoms with Gasteiger partial charge in [0.05, 0.1) is 12.7 Å². The van der Waals surface area contributed by atoms with Crippen molar-refractivity contribution in [3.63, 3.8) is 0 Å². The van der Waals surface area contributed by atoms with E-state index >= 15 is 0 Å². The van der Waals surface area contributed by atoms with Gasteiger partial charge in [-0.25, -0.2) is 4.79 Å². The third-order valence-electron chi connectivity index (χ3n) is 5.48. The van der Waals surface area contributed by atoms with Gasteiger partial charge in [0.2, 0.25) is 0 Å². The van der Waals surface area contributed by atoms with E-state index in [0.717, 1.165) is 50.0 Å². The van der Waals surface area contributed by atoms with E-state index in [1.54, 1.807) is 0 Å². The van der Waals surface area contributed by atoms with Crippen molar-refractivity contribution in [2.75, 3.05) is 26.2 Å². The zero-order chi connectivity index (χ0) is 20.3. The van der Waals surface area contributed by atoms with Gasteiger partial charge in [-0.3, -0.25) is 4.90 Å². The average molecular weight is 453 g/mol. The number of hydrogen-bond acceptors (Lipinski definition) is 4. The number of carbonyl (C=O) groups is 1. The molecule has 2 aliphatic rings. The lowest BCUT2D eigenvalue weighted by atomic mass is 9.96. The van der Waals surface area contributed by atoms with Crippen molar-refractivity contribution in [3.8, 4) is 0 Å². The van der Waals surface area contributed by atoms with Crippen molar-refractivity contribution in [2.24, 2.45) is 0 Å². The number of benzene rings is 1. The molecule has 2 aliphatic heterocycles. The topological polar surface area (TPSA) is 42.0 Å². The maximum absolute atomic E-state index is 12.3. The smallest absolute Gasteiger partial charge is 0.410 e. The minimum Gasteiger partial charge on any atom is -0.444 e. The molecule has 6 heteroatoms. The molecule has 2 saturated heterocycles. The lowest BCUT2D eigenvalue weighted by Gasteiger charge is -2.46. The third kappa shape index (κ3) is 5.94. The van der Waals surface area contributed by atoms with E-state index in [0.29, 0.717) is 12.1 Å². The number of piperidine rings is 1. The molecule has 2 atom stereocenters. The summed E-state index contributed by atoms with van der Waals surface area (Å²) in [6.07, 6.45) is 3.04. The minimum atomic E-state index is -0.441. The Hall–Kier alpha value is -1.11. The first-order chi connectivity index (χ1) is 13.2. The summed E-state index contributed by atoms with van der Waals surface area (Å²) in [5.41, 5.74) is 0.895. The minimum absolute atomic E-state index is 0.187. The van der Waals surface area contributed by atoms with Crippen LogP contribution in [0.15, 0.2) is 28.7 Å². The molecule has 1 amide bonds. The van der Waals surface area contributed by atoms with Crippen molar-refractivity contribution in [3.05, 3.63) is 34.3 Å². The van der Waals surface area contributed by atoms with Crippen molar-refractivity contribution in [1.82, 2.24) is 9.80 Å². The van der Waals surface area contributed by atoms with E-state index in [9.17, 15) is 4.79 Å². The molecule has 0 aromatic heterocycles. The highest BCUT2D eigenvalue weighted by molar-refractivity contribution is 9.10. The summed E-state index contributed by atoms with van der Waals surface area (Å²) in [7, 11) is 0. The fraction of sp³-hybridized carbons (Fsp3) is 0.682. The molecule has 1 aromatic carbocycles. The fourth-order valence-electron chi connectivity index (χ4n) is 4.09. The summed E-state index contributed by atoms with van der Waals surface area (Å²) in [6.45, 7) is 11.1. The van der Waals surface area contributed by atoms with Gasteiger partial charge in [-0.1, -0.05) is 28.1 Å². The Kier molecular flexibility index (Phi) is 7.05. The highest BCUT2D eigenvalue weighted by Gasteiger charge is 2.35. The molecule has 0 aliphatic carbocycles. The first-order valence-electron chi connectivity index (χ1n) is 10.3. The summed E-state index contributed by atoms with van der Waals surface area (Å²) in [4.78, 5) is 16.8. The number of rotatable bonds is 3. The van der Waals surface area contributed by atoms with Gasteiger partial charge in [-0.15, -0.1) is 0 Å². The van der Waals surface area contributed by atoms with Crippen LogP contribution < -0.4 is 0 Å². The molecule has 2 heterocycles. The van der Waals surface area contributed by atoms with E-state index < -0.39 is 5.60 Å². The first kappa shape index (κ1) is 21.6. The molecule has 5 nitrogen and oxygen atoms in total. The molecule has 2 fully saturated rings. The van der Waals surface area contributed by atoms with Crippen molar-refractivity contribution in [1.29, 1.82) is 0 Å². The van der Waals surface area contributed by atoms with E-state index in [-0.39, 0.29) is 12.2 Å². The van der Waals surface area contributed by atoms with Crippen LogP contribution in [0.4, 0.5) is 4.79 Å². The van der Waals surface area contributed by atoms with Crippen molar-refractivity contribution < 1.29 is 14.3 Å². The molecule has 0 unspecified atom stereocenters. The molecule has 0 bridgehead atoms. The number of carbonyl (C=O) groups excluding carboxylic acids is 1. The zero-order valence-electron chi connectivity index (χ0n) is 17.5. The maximum atomic E-state index is 12.3. The summed E-state index contributed by atoms with van der Waals surface area (Å²) in [6, 6.07) is 9.45. The van der Waals surface area contributed by atoms with Crippen LogP contribution in [0.25, 0.3) is 0 Å². The van der Waals surface area contributed by atoms with E-state index in [4.69, 9.17) is 9.47 Å². The highest BCUT2D eigenvalue weighted by atomic mass is 79.9. The molecular formula is C22H33BrN2O3. The molecule has 156 valence electrons. The Morgan fingerprint density at radius 1 is 1.21 bits per heavy atom. The monoisotopic (exact) mass is 452 g/mol. The van der Waals surface area contributed by atoms with Gasteiger partial charge in [-0.05, 0) is 64.7 Å².